The summed E-state index contributed by atoms with van der Waals surface area (Å²) in [5.41, 5.74) is 3.55. The van der Waals surface area contributed by atoms with Gasteiger partial charge in [0.05, 0.1) is 11.6 Å². The predicted molar refractivity (Wildman–Crippen MR) is 123 cm³/mol. The van der Waals surface area contributed by atoms with Gasteiger partial charge in [-0.05, 0) is 49.6 Å². The van der Waals surface area contributed by atoms with E-state index in [1.807, 2.05) is 68.7 Å². The van der Waals surface area contributed by atoms with Crippen molar-refractivity contribution in [1.29, 1.82) is 0 Å². The smallest absolute Gasteiger partial charge is 0.250 e. The van der Waals surface area contributed by atoms with Crippen molar-refractivity contribution in [3.63, 3.8) is 0 Å². The van der Waals surface area contributed by atoms with Gasteiger partial charge in [-0.15, -0.1) is 0 Å². The Labute approximate surface area is 183 Å². The number of nitrogens with zero attached hydrogens (tertiary/aromatic N) is 2. The van der Waals surface area contributed by atoms with Crippen LogP contribution in [0, 0.1) is 11.8 Å². The van der Waals surface area contributed by atoms with Crippen molar-refractivity contribution in [2.24, 2.45) is 17.0 Å². The molecule has 2 unspecified atom stereocenters. The van der Waals surface area contributed by atoms with Crippen LogP contribution in [-0.2, 0) is 14.4 Å². The average molecular weight is 420 g/mol. The van der Waals surface area contributed by atoms with Crippen LogP contribution >= 0.6 is 0 Å². The highest BCUT2D eigenvalue weighted by molar-refractivity contribution is 5.98. The molecule has 0 spiro atoms. The topological polar surface area (TPSA) is 71.0 Å². The fourth-order valence-corrected chi connectivity index (χ4v) is 3.69. The molecule has 0 radical (unpaired) electrons. The largest absolute Gasteiger partial charge is 0.391 e. The SMILES string of the molecule is CC=CC1C(=O)N(CC2C=CC=CC(C(=O)NC)=C2)C=C/C1=C/CC1=CCON=C1C. The lowest BCUT2D eigenvalue weighted by Gasteiger charge is -2.30. The molecular weight excluding hydrogens is 390 g/mol. The summed E-state index contributed by atoms with van der Waals surface area (Å²) >= 11 is 0. The second kappa shape index (κ2) is 10.6. The highest BCUT2D eigenvalue weighted by Gasteiger charge is 2.28. The van der Waals surface area contributed by atoms with E-state index in [1.165, 1.54) is 0 Å². The highest BCUT2D eigenvalue weighted by Crippen LogP contribution is 2.26. The van der Waals surface area contributed by atoms with Crippen molar-refractivity contribution in [1.82, 2.24) is 10.2 Å². The summed E-state index contributed by atoms with van der Waals surface area (Å²) < 4.78 is 0. The molecule has 6 nitrogen and oxygen atoms in total. The zero-order valence-electron chi connectivity index (χ0n) is 18.2. The Balaban J connectivity index is 1.78. The Hall–Kier alpha value is -3.41. The van der Waals surface area contributed by atoms with E-state index in [0.717, 1.165) is 16.9 Å². The summed E-state index contributed by atoms with van der Waals surface area (Å²) in [6.45, 7) is 4.80. The predicted octanol–water partition coefficient (Wildman–Crippen LogP) is 3.60. The van der Waals surface area contributed by atoms with Gasteiger partial charge in [0, 0.05) is 31.3 Å². The molecule has 1 aliphatic carbocycles. The van der Waals surface area contributed by atoms with E-state index in [4.69, 9.17) is 4.84 Å². The van der Waals surface area contributed by atoms with Gasteiger partial charge in [0.1, 0.15) is 6.61 Å². The quantitative estimate of drug-likeness (QED) is 0.669. The third kappa shape index (κ3) is 5.60. The van der Waals surface area contributed by atoms with Gasteiger partial charge in [0.15, 0.2) is 0 Å². The van der Waals surface area contributed by atoms with Crippen LogP contribution in [0.25, 0.3) is 0 Å². The number of amides is 2. The normalized spacial score (nSPS) is 24.6. The maximum atomic E-state index is 13.3. The molecule has 1 N–H and O–H groups in total. The Bertz CT molecular complexity index is 960. The lowest BCUT2D eigenvalue weighted by Crippen LogP contribution is -2.37. The number of carbonyl (C=O) groups excluding carboxylic acids is 2. The van der Waals surface area contributed by atoms with E-state index in [0.29, 0.717) is 25.1 Å². The van der Waals surface area contributed by atoms with Gasteiger partial charge in [-0.2, -0.15) is 0 Å². The van der Waals surface area contributed by atoms with Crippen molar-refractivity contribution in [2.75, 3.05) is 20.2 Å². The van der Waals surface area contributed by atoms with E-state index in [-0.39, 0.29) is 23.7 Å². The van der Waals surface area contributed by atoms with Gasteiger partial charge in [-0.3, -0.25) is 9.59 Å². The Morgan fingerprint density at radius 1 is 1.35 bits per heavy atom. The number of allylic oxidation sites excluding steroid dienone is 6. The van der Waals surface area contributed by atoms with Gasteiger partial charge in [-0.1, -0.05) is 47.7 Å². The number of carbonyl (C=O) groups is 2. The van der Waals surface area contributed by atoms with Crippen LogP contribution in [0.3, 0.4) is 0 Å². The maximum absolute atomic E-state index is 13.3. The minimum absolute atomic E-state index is 0.0266. The van der Waals surface area contributed by atoms with Crippen LogP contribution in [-0.4, -0.2) is 42.6 Å². The van der Waals surface area contributed by atoms with Gasteiger partial charge in [0.2, 0.25) is 5.91 Å². The molecule has 3 rings (SSSR count). The van der Waals surface area contributed by atoms with E-state index < -0.39 is 0 Å². The van der Waals surface area contributed by atoms with Crippen molar-refractivity contribution in [3.05, 3.63) is 83.7 Å². The molecule has 6 heteroatoms. The molecule has 0 aromatic carbocycles. The van der Waals surface area contributed by atoms with Crippen molar-refractivity contribution >= 4 is 17.5 Å². The van der Waals surface area contributed by atoms with Gasteiger partial charge < -0.3 is 15.1 Å². The van der Waals surface area contributed by atoms with E-state index in [1.54, 1.807) is 18.0 Å². The highest BCUT2D eigenvalue weighted by atomic mass is 16.6. The summed E-state index contributed by atoms with van der Waals surface area (Å²) in [6, 6.07) is 0. The maximum Gasteiger partial charge on any atom is 0.250 e. The fourth-order valence-electron chi connectivity index (χ4n) is 3.69. The zero-order chi connectivity index (χ0) is 22.2. The molecule has 2 amide bonds. The minimum atomic E-state index is -0.331. The third-order valence-electron chi connectivity index (χ3n) is 5.40. The molecule has 0 aromatic rings. The number of hydrogen-bond acceptors (Lipinski definition) is 4. The molecule has 3 aliphatic rings. The molecule has 2 atom stereocenters. The standard InChI is InChI=1S/C25H29N3O3/c1-4-7-23-21(11-10-20-13-15-31-27-18(20)2)12-14-28(25(23)30)17-19-8-5-6-9-22(16-19)24(29)26-3/h4-9,11-14,16,19,23H,10,15,17H2,1-3H3,(H,26,29)/b7-4?,21-11-. The summed E-state index contributed by atoms with van der Waals surface area (Å²) in [4.78, 5) is 32.1. The number of hydrogen-bond donors (Lipinski definition) is 1. The Morgan fingerprint density at radius 3 is 2.94 bits per heavy atom. The number of oxime groups is 1. The molecule has 2 aliphatic heterocycles. The molecular formula is C25H29N3O3. The second-order valence-electron chi connectivity index (χ2n) is 7.53. The number of nitrogens with one attached hydrogen (secondary N) is 1. The summed E-state index contributed by atoms with van der Waals surface area (Å²) in [5, 5.41) is 6.67. The van der Waals surface area contributed by atoms with Crippen molar-refractivity contribution in [2.45, 2.75) is 20.3 Å². The first kappa shape index (κ1) is 22.3. The fraction of sp³-hybridized carbons (Fsp3) is 0.320. The lowest BCUT2D eigenvalue weighted by atomic mass is 9.91. The van der Waals surface area contributed by atoms with E-state index in [2.05, 4.69) is 16.5 Å². The summed E-state index contributed by atoms with van der Waals surface area (Å²) in [5.74, 6) is -0.496. The summed E-state index contributed by atoms with van der Waals surface area (Å²) in [7, 11) is 1.61. The van der Waals surface area contributed by atoms with E-state index >= 15 is 0 Å². The van der Waals surface area contributed by atoms with Crippen LogP contribution < -0.4 is 5.32 Å². The van der Waals surface area contributed by atoms with Gasteiger partial charge >= 0.3 is 0 Å². The summed E-state index contributed by atoms with van der Waals surface area (Å²) in [6.07, 6.45) is 21.9. The van der Waals surface area contributed by atoms with Gasteiger partial charge in [0.25, 0.3) is 5.91 Å². The first-order chi connectivity index (χ1) is 15.0. The average Bonchev–Trinajstić information content (AvgIpc) is 3.02. The molecule has 162 valence electrons. The van der Waals surface area contributed by atoms with Crippen molar-refractivity contribution in [3.8, 4) is 0 Å². The lowest BCUT2D eigenvalue weighted by molar-refractivity contribution is -0.131. The Kier molecular flexibility index (Phi) is 7.60. The van der Waals surface area contributed by atoms with Gasteiger partial charge in [-0.25, -0.2) is 0 Å². The third-order valence-corrected chi connectivity index (χ3v) is 5.40. The molecule has 0 bridgehead atoms. The molecule has 0 fully saturated rings. The minimum Gasteiger partial charge on any atom is -0.391 e. The van der Waals surface area contributed by atoms with Crippen LogP contribution in [0.4, 0.5) is 0 Å². The molecule has 0 aromatic heterocycles. The first-order valence-electron chi connectivity index (χ1n) is 10.5. The molecule has 0 saturated heterocycles. The second-order valence-corrected chi connectivity index (χ2v) is 7.53. The Morgan fingerprint density at radius 2 is 2.19 bits per heavy atom. The first-order valence-corrected chi connectivity index (χ1v) is 10.5. The molecule has 31 heavy (non-hydrogen) atoms. The monoisotopic (exact) mass is 419 g/mol. The van der Waals surface area contributed by atoms with Crippen LogP contribution in [0.1, 0.15) is 20.3 Å². The van der Waals surface area contributed by atoms with Crippen LogP contribution in [0.5, 0.6) is 0 Å². The van der Waals surface area contributed by atoms with Crippen molar-refractivity contribution < 1.29 is 14.4 Å². The number of likely N-dealkylation sites (N-methyl/N-ethyl adjacent to an activating group) is 1. The number of rotatable bonds is 6. The van der Waals surface area contributed by atoms with Crippen LogP contribution in [0.15, 0.2) is 88.8 Å². The molecule has 2 heterocycles. The van der Waals surface area contributed by atoms with Crippen LogP contribution in [0.2, 0.25) is 0 Å². The molecule has 0 saturated carbocycles. The zero-order valence-corrected chi connectivity index (χ0v) is 18.2. The van der Waals surface area contributed by atoms with E-state index in [9.17, 15) is 9.59 Å².